The van der Waals surface area contributed by atoms with E-state index in [0.29, 0.717) is 6.54 Å². The molecule has 1 atom stereocenters. The molecule has 1 aromatic rings. The van der Waals surface area contributed by atoms with Crippen LogP contribution in [0.5, 0.6) is 5.75 Å². The molecule has 5 heteroatoms. The third kappa shape index (κ3) is 4.89. The molecule has 1 unspecified atom stereocenters. The maximum Gasteiger partial charge on any atom is 0.327 e. The molecular weight excluding hydrogens is 244 g/mol. The lowest BCUT2D eigenvalue weighted by molar-refractivity contribution is -0.143. The van der Waals surface area contributed by atoms with Crippen LogP contribution in [0.2, 0.25) is 0 Å². The summed E-state index contributed by atoms with van der Waals surface area (Å²) in [5.41, 5.74) is 0.867. The van der Waals surface area contributed by atoms with Gasteiger partial charge in [0, 0.05) is 13.1 Å². The van der Waals surface area contributed by atoms with Crippen molar-refractivity contribution >= 4 is 5.97 Å². The molecule has 0 amide bonds. The van der Waals surface area contributed by atoms with Crippen molar-refractivity contribution in [2.75, 3.05) is 41.4 Å². The van der Waals surface area contributed by atoms with E-state index >= 15 is 0 Å². The zero-order chi connectivity index (χ0) is 14.3. The van der Waals surface area contributed by atoms with Crippen LogP contribution in [-0.2, 0) is 9.53 Å². The average molecular weight is 266 g/mol. The number of esters is 1. The lowest BCUT2D eigenvalue weighted by atomic mass is 10.1. The third-order valence-electron chi connectivity index (χ3n) is 2.79. The highest BCUT2D eigenvalue weighted by Gasteiger charge is 2.20. The van der Waals surface area contributed by atoms with E-state index in [4.69, 9.17) is 9.47 Å². The monoisotopic (exact) mass is 266 g/mol. The van der Waals surface area contributed by atoms with Crippen LogP contribution in [-0.4, -0.2) is 52.3 Å². The van der Waals surface area contributed by atoms with Gasteiger partial charge in [0.25, 0.3) is 0 Å². The zero-order valence-electron chi connectivity index (χ0n) is 12.0. The Morgan fingerprint density at radius 1 is 1.26 bits per heavy atom. The summed E-state index contributed by atoms with van der Waals surface area (Å²) in [7, 11) is 6.99. The topological polar surface area (TPSA) is 50.8 Å². The van der Waals surface area contributed by atoms with Crippen molar-refractivity contribution < 1.29 is 14.3 Å². The number of hydrogen-bond acceptors (Lipinski definition) is 5. The van der Waals surface area contributed by atoms with Crippen molar-refractivity contribution in [2.45, 2.75) is 6.04 Å². The number of hydrogen-bond donors (Lipinski definition) is 1. The van der Waals surface area contributed by atoms with Crippen LogP contribution in [0.3, 0.4) is 0 Å². The van der Waals surface area contributed by atoms with Crippen LogP contribution in [0.1, 0.15) is 11.6 Å². The molecule has 0 fully saturated rings. The molecule has 5 nitrogen and oxygen atoms in total. The van der Waals surface area contributed by atoms with Crippen LogP contribution in [0.15, 0.2) is 24.3 Å². The normalized spacial score (nSPS) is 12.3. The first kappa shape index (κ1) is 15.5. The van der Waals surface area contributed by atoms with Crippen LogP contribution < -0.4 is 10.1 Å². The minimum atomic E-state index is -0.448. The number of nitrogens with zero attached hydrogens (tertiary/aromatic N) is 1. The molecule has 0 aliphatic rings. The second-order valence-electron chi connectivity index (χ2n) is 4.49. The number of nitrogens with one attached hydrogen (secondary N) is 1. The fraction of sp³-hybridized carbons (Fsp3) is 0.500. The zero-order valence-corrected chi connectivity index (χ0v) is 12.0. The largest absolute Gasteiger partial charge is 0.497 e. The fourth-order valence-electron chi connectivity index (χ4n) is 1.68. The number of methoxy groups -OCH3 is 2. The first-order chi connectivity index (χ1) is 9.08. The molecule has 1 N–H and O–H groups in total. The molecule has 0 aliphatic heterocycles. The summed E-state index contributed by atoms with van der Waals surface area (Å²) in [4.78, 5) is 13.9. The first-order valence-corrected chi connectivity index (χ1v) is 6.18. The molecule has 0 saturated heterocycles. The van der Waals surface area contributed by atoms with Gasteiger partial charge in [0.05, 0.1) is 14.2 Å². The summed E-state index contributed by atoms with van der Waals surface area (Å²) in [6, 6.07) is 6.94. The molecular formula is C14H22N2O3. The van der Waals surface area contributed by atoms with E-state index in [9.17, 15) is 4.79 Å². The van der Waals surface area contributed by atoms with E-state index in [0.717, 1.165) is 17.9 Å². The Hall–Kier alpha value is -1.59. The van der Waals surface area contributed by atoms with Crippen molar-refractivity contribution in [3.63, 3.8) is 0 Å². The number of rotatable bonds is 7. The molecule has 19 heavy (non-hydrogen) atoms. The average Bonchev–Trinajstić information content (AvgIpc) is 2.43. The van der Waals surface area contributed by atoms with E-state index in [-0.39, 0.29) is 5.97 Å². The van der Waals surface area contributed by atoms with Gasteiger partial charge in [-0.1, -0.05) is 12.1 Å². The predicted molar refractivity (Wildman–Crippen MR) is 74.3 cm³/mol. The Labute approximate surface area is 114 Å². The number of ether oxygens (including phenoxy) is 2. The van der Waals surface area contributed by atoms with E-state index < -0.39 is 6.04 Å². The molecule has 0 saturated carbocycles. The molecule has 0 radical (unpaired) electrons. The van der Waals surface area contributed by atoms with Gasteiger partial charge >= 0.3 is 5.97 Å². The van der Waals surface area contributed by atoms with Crippen LogP contribution in [0, 0.1) is 0 Å². The number of benzene rings is 1. The van der Waals surface area contributed by atoms with Crippen molar-refractivity contribution in [1.29, 1.82) is 0 Å². The summed E-state index contributed by atoms with van der Waals surface area (Å²) in [5, 5.41) is 3.20. The summed E-state index contributed by atoms with van der Waals surface area (Å²) in [6.07, 6.45) is 0. The van der Waals surface area contributed by atoms with E-state index in [1.54, 1.807) is 7.11 Å². The minimum Gasteiger partial charge on any atom is -0.497 e. The smallest absolute Gasteiger partial charge is 0.327 e. The standard InChI is InChI=1S/C14H22N2O3/c1-16(2)10-9-15-13(14(17)19-4)11-5-7-12(18-3)8-6-11/h5-8,13,15H,9-10H2,1-4H3. The Morgan fingerprint density at radius 2 is 1.89 bits per heavy atom. The fourth-order valence-corrected chi connectivity index (χ4v) is 1.68. The van der Waals surface area contributed by atoms with E-state index in [1.807, 2.05) is 38.4 Å². The van der Waals surface area contributed by atoms with Crippen molar-refractivity contribution in [3.05, 3.63) is 29.8 Å². The van der Waals surface area contributed by atoms with Gasteiger partial charge in [-0.25, -0.2) is 4.79 Å². The lowest BCUT2D eigenvalue weighted by Gasteiger charge is -2.18. The molecule has 0 aromatic heterocycles. The van der Waals surface area contributed by atoms with Crippen LogP contribution in [0.4, 0.5) is 0 Å². The number of carbonyl (C=O) groups excluding carboxylic acids is 1. The van der Waals surface area contributed by atoms with E-state index in [1.165, 1.54) is 7.11 Å². The van der Waals surface area contributed by atoms with Gasteiger partial charge in [0.1, 0.15) is 11.8 Å². The van der Waals surface area contributed by atoms with Crippen molar-refractivity contribution in [2.24, 2.45) is 0 Å². The second-order valence-corrected chi connectivity index (χ2v) is 4.49. The Balaban J connectivity index is 2.74. The molecule has 1 aromatic carbocycles. The molecule has 0 bridgehead atoms. The Kier molecular flexibility index (Phi) is 6.32. The van der Waals surface area contributed by atoms with Crippen LogP contribution in [0.25, 0.3) is 0 Å². The van der Waals surface area contributed by atoms with Crippen LogP contribution >= 0.6 is 0 Å². The lowest BCUT2D eigenvalue weighted by Crippen LogP contribution is -2.34. The molecule has 1 rings (SSSR count). The number of likely N-dealkylation sites (N-methyl/N-ethyl adjacent to an activating group) is 1. The Morgan fingerprint density at radius 3 is 2.37 bits per heavy atom. The molecule has 0 aliphatic carbocycles. The first-order valence-electron chi connectivity index (χ1n) is 6.18. The molecule has 0 heterocycles. The predicted octanol–water partition coefficient (Wildman–Crippen LogP) is 1.06. The van der Waals surface area contributed by atoms with Gasteiger partial charge in [-0.15, -0.1) is 0 Å². The maximum atomic E-state index is 11.8. The summed E-state index contributed by atoms with van der Waals surface area (Å²) in [5.74, 6) is 0.476. The van der Waals surface area contributed by atoms with Gasteiger partial charge < -0.3 is 14.4 Å². The highest BCUT2D eigenvalue weighted by molar-refractivity contribution is 5.77. The molecule has 0 spiro atoms. The highest BCUT2D eigenvalue weighted by Crippen LogP contribution is 2.18. The second kappa shape index (κ2) is 7.76. The summed E-state index contributed by atoms with van der Waals surface area (Å²) < 4.78 is 9.94. The van der Waals surface area contributed by atoms with Crippen molar-refractivity contribution in [1.82, 2.24) is 10.2 Å². The third-order valence-corrected chi connectivity index (χ3v) is 2.79. The Bertz CT molecular complexity index is 390. The quantitative estimate of drug-likeness (QED) is 0.748. The van der Waals surface area contributed by atoms with Gasteiger partial charge in [0.2, 0.25) is 0 Å². The van der Waals surface area contributed by atoms with Gasteiger partial charge in [-0.05, 0) is 31.8 Å². The summed E-state index contributed by atoms with van der Waals surface area (Å²) in [6.45, 7) is 1.56. The van der Waals surface area contributed by atoms with E-state index in [2.05, 4.69) is 10.2 Å². The minimum absolute atomic E-state index is 0.288. The van der Waals surface area contributed by atoms with Gasteiger partial charge in [0.15, 0.2) is 0 Å². The highest BCUT2D eigenvalue weighted by atomic mass is 16.5. The molecule has 106 valence electrons. The summed E-state index contributed by atoms with van der Waals surface area (Å²) >= 11 is 0. The SMILES string of the molecule is COC(=O)C(NCCN(C)C)c1ccc(OC)cc1. The van der Waals surface area contributed by atoms with Crippen molar-refractivity contribution in [3.8, 4) is 5.75 Å². The maximum absolute atomic E-state index is 11.8. The number of carbonyl (C=O) groups is 1. The van der Waals surface area contributed by atoms with Gasteiger partial charge in [-0.2, -0.15) is 0 Å². The van der Waals surface area contributed by atoms with Gasteiger partial charge in [-0.3, -0.25) is 5.32 Å².